The smallest absolute Gasteiger partial charge is 0.338 e. The first kappa shape index (κ1) is 16.1. The predicted molar refractivity (Wildman–Crippen MR) is 70.6 cm³/mol. The molecule has 0 saturated carbocycles. The maximum Gasteiger partial charge on any atom is 0.338 e. The molecule has 1 aromatic carbocycles. The van der Waals surface area contributed by atoms with Crippen LogP contribution >= 0.6 is 0 Å². The van der Waals surface area contributed by atoms with Gasteiger partial charge in [0.2, 0.25) is 0 Å². The van der Waals surface area contributed by atoms with Gasteiger partial charge in [0.25, 0.3) is 0 Å². The fourth-order valence-corrected chi connectivity index (χ4v) is 1.71. The molecule has 0 saturated heterocycles. The minimum absolute atomic E-state index is 0.0905. The van der Waals surface area contributed by atoms with Gasteiger partial charge in [-0.2, -0.15) is 0 Å². The number of aliphatic hydroxyl groups is 2. The fourth-order valence-electron chi connectivity index (χ4n) is 1.71. The second-order valence-corrected chi connectivity index (χ2v) is 4.15. The molecule has 2 unspecified atom stereocenters. The van der Waals surface area contributed by atoms with Crippen LogP contribution in [0.2, 0.25) is 0 Å². The number of esters is 1. The van der Waals surface area contributed by atoms with Crippen molar-refractivity contribution < 1.29 is 29.3 Å². The highest BCUT2D eigenvalue weighted by atomic mass is 16.5. The van der Waals surface area contributed by atoms with E-state index in [2.05, 4.69) is 4.74 Å². The first-order valence-corrected chi connectivity index (χ1v) is 6.14. The van der Waals surface area contributed by atoms with Crippen molar-refractivity contribution in [2.75, 3.05) is 13.7 Å². The summed E-state index contributed by atoms with van der Waals surface area (Å²) in [6, 6.07) is 4.41. The Hall–Kier alpha value is -1.92. The van der Waals surface area contributed by atoms with Gasteiger partial charge >= 0.3 is 5.97 Å². The van der Waals surface area contributed by atoms with Gasteiger partial charge < -0.3 is 19.7 Å². The van der Waals surface area contributed by atoms with Crippen LogP contribution in [-0.4, -0.2) is 41.8 Å². The molecular formula is C14H18O6. The van der Waals surface area contributed by atoms with Crippen LogP contribution in [0.3, 0.4) is 0 Å². The van der Waals surface area contributed by atoms with E-state index < -0.39 is 18.2 Å². The number of carbonyl (C=O) groups is 2. The Kier molecular flexibility index (Phi) is 5.66. The SMILES string of the molecule is CCOC(=O)C(O)C(O)c1cc(C(C)=O)ccc1OC. The number of carbonyl (C=O) groups excluding carboxylic acids is 2. The molecule has 0 fully saturated rings. The lowest BCUT2D eigenvalue weighted by Crippen LogP contribution is -2.30. The highest BCUT2D eigenvalue weighted by molar-refractivity contribution is 5.94. The third-order valence-electron chi connectivity index (χ3n) is 2.78. The normalized spacial score (nSPS) is 13.4. The molecule has 0 amide bonds. The summed E-state index contributed by atoms with van der Waals surface area (Å²) in [7, 11) is 1.38. The van der Waals surface area contributed by atoms with Gasteiger partial charge in [0.15, 0.2) is 11.9 Å². The maximum atomic E-state index is 11.4. The Morgan fingerprint density at radius 3 is 2.45 bits per heavy atom. The first-order chi connectivity index (χ1) is 9.42. The molecule has 1 rings (SSSR count). The van der Waals surface area contributed by atoms with Gasteiger partial charge in [-0.3, -0.25) is 4.79 Å². The topological polar surface area (TPSA) is 93.1 Å². The van der Waals surface area contributed by atoms with Crippen LogP contribution in [0.25, 0.3) is 0 Å². The van der Waals surface area contributed by atoms with E-state index in [1.807, 2.05) is 0 Å². The van der Waals surface area contributed by atoms with Crippen LogP contribution in [0.1, 0.15) is 35.9 Å². The minimum Gasteiger partial charge on any atom is -0.496 e. The van der Waals surface area contributed by atoms with Crippen molar-refractivity contribution in [1.29, 1.82) is 0 Å². The Balaban J connectivity index is 3.12. The van der Waals surface area contributed by atoms with Gasteiger partial charge in [-0.25, -0.2) is 4.79 Å². The monoisotopic (exact) mass is 282 g/mol. The molecule has 2 atom stereocenters. The summed E-state index contributed by atoms with van der Waals surface area (Å²) in [5, 5.41) is 19.8. The highest BCUT2D eigenvalue weighted by Crippen LogP contribution is 2.29. The second kappa shape index (κ2) is 7.02. The van der Waals surface area contributed by atoms with Crippen LogP contribution in [-0.2, 0) is 9.53 Å². The molecule has 20 heavy (non-hydrogen) atoms. The van der Waals surface area contributed by atoms with Gasteiger partial charge in [0, 0.05) is 11.1 Å². The molecule has 0 aromatic heterocycles. The second-order valence-electron chi connectivity index (χ2n) is 4.15. The third kappa shape index (κ3) is 3.55. The zero-order chi connectivity index (χ0) is 15.3. The van der Waals surface area contributed by atoms with Gasteiger partial charge in [0.05, 0.1) is 13.7 Å². The lowest BCUT2D eigenvalue weighted by molar-refractivity contribution is -0.159. The lowest BCUT2D eigenvalue weighted by atomic mass is 9.99. The van der Waals surface area contributed by atoms with Crippen molar-refractivity contribution in [2.24, 2.45) is 0 Å². The first-order valence-electron chi connectivity index (χ1n) is 6.14. The van der Waals surface area contributed by atoms with Crippen LogP contribution in [0.15, 0.2) is 18.2 Å². The van der Waals surface area contributed by atoms with Crippen LogP contribution in [0.5, 0.6) is 5.75 Å². The summed E-state index contributed by atoms with van der Waals surface area (Å²) in [6.45, 7) is 3.06. The molecule has 0 aliphatic carbocycles. The predicted octanol–water partition coefficient (Wildman–Crippen LogP) is 0.855. The summed E-state index contributed by atoms with van der Waals surface area (Å²) in [5.41, 5.74) is 0.497. The van der Waals surface area contributed by atoms with E-state index in [1.54, 1.807) is 6.92 Å². The summed E-state index contributed by atoms with van der Waals surface area (Å²) < 4.78 is 9.70. The Labute approximate surface area is 116 Å². The molecule has 6 nitrogen and oxygen atoms in total. The van der Waals surface area contributed by atoms with Gasteiger partial charge in [0.1, 0.15) is 11.9 Å². The molecule has 6 heteroatoms. The van der Waals surface area contributed by atoms with Crippen LogP contribution in [0.4, 0.5) is 0 Å². The summed E-state index contributed by atoms with van der Waals surface area (Å²) >= 11 is 0. The van der Waals surface area contributed by atoms with Gasteiger partial charge in [-0.15, -0.1) is 0 Å². The summed E-state index contributed by atoms with van der Waals surface area (Å²) in [6.07, 6.45) is -3.28. The molecule has 110 valence electrons. The molecule has 2 N–H and O–H groups in total. The molecule has 0 aliphatic rings. The van der Waals surface area contributed by atoms with Crippen molar-refractivity contribution in [3.05, 3.63) is 29.3 Å². The third-order valence-corrected chi connectivity index (χ3v) is 2.78. The molecule has 1 aromatic rings. The van der Waals surface area contributed by atoms with E-state index in [4.69, 9.17) is 4.74 Å². The number of benzene rings is 1. The number of ether oxygens (including phenoxy) is 2. The van der Waals surface area contributed by atoms with Gasteiger partial charge in [-0.05, 0) is 32.0 Å². The Morgan fingerprint density at radius 2 is 1.95 bits per heavy atom. The van der Waals surface area contributed by atoms with Crippen molar-refractivity contribution in [1.82, 2.24) is 0 Å². The molecule has 0 aliphatic heterocycles. The maximum absolute atomic E-state index is 11.4. The van der Waals surface area contributed by atoms with Crippen molar-refractivity contribution in [3.63, 3.8) is 0 Å². The standard InChI is InChI=1S/C14H18O6/c1-4-20-14(18)13(17)12(16)10-7-9(8(2)15)5-6-11(10)19-3/h5-7,12-13,16-17H,4H2,1-3H3. The zero-order valence-corrected chi connectivity index (χ0v) is 11.6. The fraction of sp³-hybridized carbons (Fsp3) is 0.429. The van der Waals surface area contributed by atoms with Crippen LogP contribution < -0.4 is 4.74 Å². The summed E-state index contributed by atoms with van der Waals surface area (Å²) in [4.78, 5) is 22.8. The molecular weight excluding hydrogens is 264 g/mol. The Bertz CT molecular complexity index is 496. The number of Topliss-reactive ketones (excluding diaryl/α,β-unsaturated/α-hetero) is 1. The van der Waals surface area contributed by atoms with Crippen molar-refractivity contribution in [2.45, 2.75) is 26.1 Å². The largest absolute Gasteiger partial charge is 0.496 e. The number of hydrogen-bond donors (Lipinski definition) is 2. The zero-order valence-electron chi connectivity index (χ0n) is 11.6. The van der Waals surface area contributed by atoms with Gasteiger partial charge in [-0.1, -0.05) is 0 Å². The van der Waals surface area contributed by atoms with E-state index in [-0.39, 0.29) is 23.7 Å². The minimum atomic E-state index is -1.74. The molecule has 0 heterocycles. The number of hydrogen-bond acceptors (Lipinski definition) is 6. The average Bonchev–Trinajstić information content (AvgIpc) is 2.45. The molecule has 0 radical (unpaired) electrons. The van der Waals surface area contributed by atoms with Crippen molar-refractivity contribution in [3.8, 4) is 5.75 Å². The summed E-state index contributed by atoms with van der Waals surface area (Å²) in [5.74, 6) is -0.868. The van der Waals surface area contributed by atoms with E-state index >= 15 is 0 Å². The van der Waals surface area contributed by atoms with Crippen molar-refractivity contribution >= 4 is 11.8 Å². The van der Waals surface area contributed by atoms with Crippen LogP contribution in [0, 0.1) is 0 Å². The quantitative estimate of drug-likeness (QED) is 0.593. The number of methoxy groups -OCH3 is 1. The van der Waals surface area contributed by atoms with E-state index in [0.717, 1.165) is 0 Å². The molecule has 0 spiro atoms. The van der Waals surface area contributed by atoms with E-state index in [9.17, 15) is 19.8 Å². The Morgan fingerprint density at radius 1 is 1.30 bits per heavy atom. The van der Waals surface area contributed by atoms with E-state index in [1.165, 1.54) is 32.2 Å². The number of aliphatic hydroxyl groups excluding tert-OH is 2. The number of rotatable bonds is 6. The van der Waals surface area contributed by atoms with E-state index in [0.29, 0.717) is 5.56 Å². The molecule has 0 bridgehead atoms. The average molecular weight is 282 g/mol. The highest BCUT2D eigenvalue weighted by Gasteiger charge is 2.29. The number of ketones is 1. The lowest BCUT2D eigenvalue weighted by Gasteiger charge is -2.19.